The Hall–Kier alpha value is -1.15. The summed E-state index contributed by atoms with van der Waals surface area (Å²) >= 11 is 0. The summed E-state index contributed by atoms with van der Waals surface area (Å²) < 4.78 is 0. The number of carbonyl (C=O) groups is 1. The van der Waals surface area contributed by atoms with Crippen LogP contribution >= 0.6 is 0 Å². The lowest BCUT2D eigenvalue weighted by atomic mass is 9.83. The van der Waals surface area contributed by atoms with Crippen LogP contribution in [0.3, 0.4) is 0 Å². The minimum atomic E-state index is -0.335. The van der Waals surface area contributed by atoms with Gasteiger partial charge in [-0.15, -0.1) is 0 Å². The third kappa shape index (κ3) is 1.46. The van der Waals surface area contributed by atoms with E-state index in [1.807, 2.05) is 12.1 Å². The van der Waals surface area contributed by atoms with E-state index in [4.69, 9.17) is 5.11 Å². The average Bonchev–Trinajstić information content (AvgIpc) is 2.57. The molecule has 0 aliphatic heterocycles. The number of rotatable bonds is 3. The summed E-state index contributed by atoms with van der Waals surface area (Å²) in [5.41, 5.74) is 2.18. The van der Waals surface area contributed by atoms with Crippen molar-refractivity contribution >= 4 is 6.29 Å². The molecule has 0 heterocycles. The Bertz CT molecular complexity index is 319. The van der Waals surface area contributed by atoms with Gasteiger partial charge in [0.05, 0.1) is 0 Å². The third-order valence-corrected chi connectivity index (χ3v) is 3.06. The second-order valence-corrected chi connectivity index (χ2v) is 4.08. The lowest BCUT2D eigenvalue weighted by molar-refractivity contribution is -0.116. The second-order valence-electron chi connectivity index (χ2n) is 4.08. The summed E-state index contributed by atoms with van der Waals surface area (Å²) in [5, 5.41) is 8.94. The summed E-state index contributed by atoms with van der Waals surface area (Å²) in [5.74, 6) is 0. The highest BCUT2D eigenvalue weighted by Crippen LogP contribution is 2.37. The molecule has 74 valence electrons. The zero-order valence-corrected chi connectivity index (χ0v) is 8.07. The fourth-order valence-corrected chi connectivity index (χ4v) is 2.27. The number of hydrogen-bond donors (Lipinski definition) is 1. The van der Waals surface area contributed by atoms with Crippen LogP contribution in [0.15, 0.2) is 24.3 Å². The van der Waals surface area contributed by atoms with E-state index in [2.05, 4.69) is 12.1 Å². The molecule has 14 heavy (non-hydrogen) atoms. The van der Waals surface area contributed by atoms with Gasteiger partial charge < -0.3 is 9.90 Å². The smallest absolute Gasteiger partial charge is 0.126 e. The first-order valence-electron chi connectivity index (χ1n) is 4.94. The number of aliphatic hydroxyl groups is 1. The predicted octanol–water partition coefficient (Wildman–Crippen LogP) is 1.35. The molecule has 0 aromatic heterocycles. The molecule has 0 saturated heterocycles. The Balaban J connectivity index is 2.27. The molecule has 1 aliphatic carbocycles. The summed E-state index contributed by atoms with van der Waals surface area (Å²) in [7, 11) is 0. The maximum absolute atomic E-state index is 11.1. The van der Waals surface area contributed by atoms with Crippen molar-refractivity contribution in [1.82, 2.24) is 0 Å². The first kappa shape index (κ1) is 9.41. The van der Waals surface area contributed by atoms with Crippen molar-refractivity contribution in [2.75, 3.05) is 6.61 Å². The Morgan fingerprint density at radius 3 is 2.29 bits per heavy atom. The fraction of sp³-hybridized carbons (Fsp3) is 0.417. The van der Waals surface area contributed by atoms with Gasteiger partial charge in [0.15, 0.2) is 0 Å². The molecule has 0 unspecified atom stereocenters. The fourth-order valence-electron chi connectivity index (χ4n) is 2.27. The normalized spacial score (nSPS) is 17.8. The van der Waals surface area contributed by atoms with Crippen LogP contribution < -0.4 is 0 Å². The van der Waals surface area contributed by atoms with Crippen LogP contribution in [-0.2, 0) is 17.6 Å². The number of hydrogen-bond acceptors (Lipinski definition) is 2. The van der Waals surface area contributed by atoms with Gasteiger partial charge in [0.25, 0.3) is 0 Å². The van der Waals surface area contributed by atoms with Crippen LogP contribution in [0, 0.1) is 5.41 Å². The summed E-state index contributed by atoms with van der Waals surface area (Å²) in [6.07, 6.45) is 3.16. The second kappa shape index (κ2) is 3.54. The molecular formula is C12H14O2. The highest BCUT2D eigenvalue weighted by molar-refractivity contribution is 5.63. The lowest BCUT2D eigenvalue weighted by Gasteiger charge is -2.19. The van der Waals surface area contributed by atoms with E-state index >= 15 is 0 Å². The maximum atomic E-state index is 11.1. The molecule has 2 rings (SSSR count). The van der Waals surface area contributed by atoms with Crippen molar-refractivity contribution in [2.45, 2.75) is 19.3 Å². The van der Waals surface area contributed by atoms with Gasteiger partial charge in [-0.1, -0.05) is 24.3 Å². The van der Waals surface area contributed by atoms with E-state index in [1.54, 1.807) is 0 Å². The van der Waals surface area contributed by atoms with Gasteiger partial charge in [0.1, 0.15) is 6.29 Å². The van der Waals surface area contributed by atoms with Crippen molar-refractivity contribution in [1.29, 1.82) is 0 Å². The van der Waals surface area contributed by atoms with E-state index in [1.165, 1.54) is 11.1 Å². The Labute approximate surface area is 83.6 Å². The predicted molar refractivity (Wildman–Crippen MR) is 54.0 cm³/mol. The first-order chi connectivity index (χ1) is 6.79. The van der Waals surface area contributed by atoms with Crippen LogP contribution in [0.5, 0.6) is 0 Å². The number of carbonyl (C=O) groups excluding carboxylic acids is 1. The van der Waals surface area contributed by atoms with Crippen LogP contribution in [0.25, 0.3) is 0 Å². The van der Waals surface area contributed by atoms with Crippen LogP contribution in [-0.4, -0.2) is 18.0 Å². The van der Waals surface area contributed by atoms with Crippen molar-refractivity contribution in [3.63, 3.8) is 0 Å². The average molecular weight is 190 g/mol. The maximum Gasteiger partial charge on any atom is 0.126 e. The standard InChI is InChI=1S/C12H14O2/c13-6-5-12(9-14)7-10-3-1-2-4-11(10)8-12/h1-4,9,13H,5-8H2. The Morgan fingerprint density at radius 2 is 1.86 bits per heavy atom. The number of aldehydes is 1. The molecule has 2 nitrogen and oxygen atoms in total. The molecule has 0 bridgehead atoms. The monoisotopic (exact) mass is 190 g/mol. The van der Waals surface area contributed by atoms with Crippen molar-refractivity contribution < 1.29 is 9.90 Å². The van der Waals surface area contributed by atoms with E-state index < -0.39 is 0 Å². The number of aliphatic hydroxyl groups excluding tert-OH is 1. The molecule has 1 aromatic carbocycles. The minimum absolute atomic E-state index is 0.0900. The molecule has 1 aliphatic rings. The molecular weight excluding hydrogens is 176 g/mol. The van der Waals surface area contributed by atoms with Gasteiger partial charge in [-0.2, -0.15) is 0 Å². The Kier molecular flexibility index (Phi) is 2.38. The van der Waals surface area contributed by atoms with E-state index in [0.717, 1.165) is 19.1 Å². The van der Waals surface area contributed by atoms with Gasteiger partial charge >= 0.3 is 0 Å². The third-order valence-electron chi connectivity index (χ3n) is 3.06. The molecule has 0 amide bonds. The molecule has 0 saturated carbocycles. The van der Waals surface area contributed by atoms with Crippen molar-refractivity contribution in [3.8, 4) is 0 Å². The summed E-state index contributed by atoms with van der Waals surface area (Å²) in [6, 6.07) is 8.13. The van der Waals surface area contributed by atoms with Gasteiger partial charge in [-0.3, -0.25) is 0 Å². The van der Waals surface area contributed by atoms with Gasteiger partial charge in [-0.25, -0.2) is 0 Å². The summed E-state index contributed by atoms with van der Waals surface area (Å²) in [4.78, 5) is 11.1. The highest BCUT2D eigenvalue weighted by Gasteiger charge is 2.36. The number of benzene rings is 1. The van der Waals surface area contributed by atoms with Crippen molar-refractivity contribution in [2.24, 2.45) is 5.41 Å². The summed E-state index contributed by atoms with van der Waals surface area (Å²) in [6.45, 7) is 0.0900. The van der Waals surface area contributed by atoms with Gasteiger partial charge in [-0.05, 0) is 30.4 Å². The largest absolute Gasteiger partial charge is 0.396 e. The minimum Gasteiger partial charge on any atom is -0.396 e. The topological polar surface area (TPSA) is 37.3 Å². The van der Waals surface area contributed by atoms with Crippen LogP contribution in [0.1, 0.15) is 17.5 Å². The first-order valence-corrected chi connectivity index (χ1v) is 4.94. The quantitative estimate of drug-likeness (QED) is 0.730. The van der Waals surface area contributed by atoms with Gasteiger partial charge in [0.2, 0.25) is 0 Å². The SMILES string of the molecule is O=CC1(CCO)Cc2ccccc2C1. The molecule has 0 fully saturated rings. The van der Waals surface area contributed by atoms with Crippen LogP contribution in [0.4, 0.5) is 0 Å². The molecule has 0 radical (unpaired) electrons. The van der Waals surface area contributed by atoms with Crippen LogP contribution in [0.2, 0.25) is 0 Å². The number of fused-ring (bicyclic) bond motifs is 1. The molecule has 2 heteroatoms. The van der Waals surface area contributed by atoms with Gasteiger partial charge in [0, 0.05) is 12.0 Å². The van der Waals surface area contributed by atoms with Crippen molar-refractivity contribution in [3.05, 3.63) is 35.4 Å². The highest BCUT2D eigenvalue weighted by atomic mass is 16.3. The molecule has 0 atom stereocenters. The van der Waals surface area contributed by atoms with E-state index in [-0.39, 0.29) is 12.0 Å². The Morgan fingerprint density at radius 1 is 1.29 bits per heavy atom. The molecule has 0 spiro atoms. The lowest BCUT2D eigenvalue weighted by Crippen LogP contribution is -2.24. The zero-order valence-electron chi connectivity index (χ0n) is 8.07. The molecule has 1 aromatic rings. The molecule has 1 N–H and O–H groups in total. The van der Waals surface area contributed by atoms with E-state index in [9.17, 15) is 4.79 Å². The van der Waals surface area contributed by atoms with E-state index in [0.29, 0.717) is 6.42 Å². The zero-order chi connectivity index (χ0) is 10.0.